The predicted octanol–water partition coefficient (Wildman–Crippen LogP) is 2.20. The molecular formula is C10H17Cl3N2O. The lowest BCUT2D eigenvalue weighted by molar-refractivity contribution is -0.133. The van der Waals surface area contributed by atoms with Crippen molar-refractivity contribution in [2.45, 2.75) is 30.1 Å². The minimum Gasteiger partial charge on any atom is -0.333 e. The van der Waals surface area contributed by atoms with E-state index in [0.717, 1.165) is 19.5 Å². The molecule has 1 fully saturated rings. The zero-order valence-electron chi connectivity index (χ0n) is 9.47. The number of nitrogens with zero attached hydrogens (tertiary/aromatic N) is 1. The molecule has 6 heteroatoms. The van der Waals surface area contributed by atoms with Crippen LogP contribution in [0, 0.1) is 5.92 Å². The Morgan fingerprint density at radius 3 is 2.62 bits per heavy atom. The van der Waals surface area contributed by atoms with E-state index in [9.17, 15) is 4.79 Å². The third-order valence-electron chi connectivity index (χ3n) is 2.60. The summed E-state index contributed by atoms with van der Waals surface area (Å²) in [5.74, 6) is 0.0974. The van der Waals surface area contributed by atoms with Crippen molar-refractivity contribution in [2.24, 2.45) is 5.92 Å². The van der Waals surface area contributed by atoms with E-state index < -0.39 is 9.70 Å². The molecule has 0 bridgehead atoms. The van der Waals surface area contributed by atoms with Gasteiger partial charge in [-0.1, -0.05) is 48.7 Å². The standard InChI is InChI=1S/C10H17Cl3N2O/c1-7(2)5-8-6-14-3-4-15(8)9(16)10(11,12)13/h7-8,14H,3-6H2,1-2H3. The number of carbonyl (C=O) groups is 1. The smallest absolute Gasteiger partial charge is 0.275 e. The van der Waals surface area contributed by atoms with Crippen molar-refractivity contribution in [1.29, 1.82) is 0 Å². The van der Waals surface area contributed by atoms with Crippen LogP contribution in [0.15, 0.2) is 0 Å². The topological polar surface area (TPSA) is 32.3 Å². The van der Waals surface area contributed by atoms with Crippen LogP contribution in [0.3, 0.4) is 0 Å². The van der Waals surface area contributed by atoms with Crippen LogP contribution in [0.5, 0.6) is 0 Å². The van der Waals surface area contributed by atoms with Crippen LogP contribution in [0.25, 0.3) is 0 Å². The molecule has 3 nitrogen and oxygen atoms in total. The van der Waals surface area contributed by atoms with Crippen molar-refractivity contribution in [3.05, 3.63) is 0 Å². The predicted molar refractivity (Wildman–Crippen MR) is 68.1 cm³/mol. The van der Waals surface area contributed by atoms with Crippen molar-refractivity contribution in [2.75, 3.05) is 19.6 Å². The van der Waals surface area contributed by atoms with E-state index in [2.05, 4.69) is 19.2 Å². The number of hydrogen-bond acceptors (Lipinski definition) is 2. The molecule has 1 heterocycles. The van der Waals surface area contributed by atoms with Crippen molar-refractivity contribution >= 4 is 40.7 Å². The fraction of sp³-hybridized carbons (Fsp3) is 0.900. The van der Waals surface area contributed by atoms with Gasteiger partial charge in [0.05, 0.1) is 0 Å². The van der Waals surface area contributed by atoms with Gasteiger partial charge in [0.25, 0.3) is 9.70 Å². The Morgan fingerprint density at radius 2 is 2.12 bits per heavy atom. The first-order valence-corrected chi connectivity index (χ1v) is 6.54. The summed E-state index contributed by atoms with van der Waals surface area (Å²) < 4.78 is -1.84. The van der Waals surface area contributed by atoms with Gasteiger partial charge in [-0.2, -0.15) is 0 Å². The lowest BCUT2D eigenvalue weighted by Crippen LogP contribution is -2.56. The van der Waals surface area contributed by atoms with Crippen LogP contribution < -0.4 is 5.32 Å². The fourth-order valence-corrected chi connectivity index (χ4v) is 2.27. The highest BCUT2D eigenvalue weighted by Crippen LogP contribution is 2.30. The quantitative estimate of drug-likeness (QED) is 0.790. The van der Waals surface area contributed by atoms with Crippen LogP contribution in [-0.2, 0) is 4.79 Å². The zero-order chi connectivity index (χ0) is 12.3. The van der Waals surface area contributed by atoms with Crippen LogP contribution >= 0.6 is 34.8 Å². The number of piperazine rings is 1. The van der Waals surface area contributed by atoms with E-state index in [0.29, 0.717) is 12.5 Å². The summed E-state index contributed by atoms with van der Waals surface area (Å²) in [6.45, 7) is 6.36. The van der Waals surface area contributed by atoms with Gasteiger partial charge in [-0.25, -0.2) is 0 Å². The maximum Gasteiger partial charge on any atom is 0.275 e. The number of nitrogens with one attached hydrogen (secondary N) is 1. The monoisotopic (exact) mass is 286 g/mol. The van der Waals surface area contributed by atoms with Crippen molar-refractivity contribution < 1.29 is 4.79 Å². The Kier molecular flexibility index (Phi) is 5.17. The number of rotatable bonds is 2. The number of hydrogen-bond donors (Lipinski definition) is 1. The van der Waals surface area contributed by atoms with E-state index in [-0.39, 0.29) is 6.04 Å². The first-order chi connectivity index (χ1) is 7.32. The van der Waals surface area contributed by atoms with Crippen molar-refractivity contribution in [3.8, 4) is 0 Å². The molecule has 0 saturated carbocycles. The van der Waals surface area contributed by atoms with Gasteiger partial charge in [0.1, 0.15) is 0 Å². The first-order valence-electron chi connectivity index (χ1n) is 5.41. The second-order valence-electron chi connectivity index (χ2n) is 4.48. The molecule has 1 aliphatic rings. The molecule has 1 amide bonds. The number of halogens is 3. The molecule has 16 heavy (non-hydrogen) atoms. The SMILES string of the molecule is CC(C)CC1CNCCN1C(=O)C(Cl)(Cl)Cl. The highest BCUT2D eigenvalue weighted by molar-refractivity contribution is 6.76. The molecule has 0 aromatic heterocycles. The molecule has 1 unspecified atom stereocenters. The number of carbonyl (C=O) groups excluding carboxylic acids is 1. The largest absolute Gasteiger partial charge is 0.333 e. The van der Waals surface area contributed by atoms with E-state index in [1.807, 2.05) is 0 Å². The molecule has 0 radical (unpaired) electrons. The summed E-state index contributed by atoms with van der Waals surface area (Å²) in [5.41, 5.74) is 0. The van der Waals surface area contributed by atoms with E-state index in [4.69, 9.17) is 34.8 Å². The van der Waals surface area contributed by atoms with Crippen LogP contribution in [0.1, 0.15) is 20.3 Å². The Hall–Kier alpha value is 0.300. The molecule has 1 N–H and O–H groups in total. The lowest BCUT2D eigenvalue weighted by atomic mass is 10.0. The van der Waals surface area contributed by atoms with Crippen LogP contribution in [0.2, 0.25) is 0 Å². The molecule has 0 spiro atoms. The maximum absolute atomic E-state index is 11.9. The Bertz CT molecular complexity index is 253. The second-order valence-corrected chi connectivity index (χ2v) is 6.77. The number of amides is 1. The molecular weight excluding hydrogens is 270 g/mol. The van der Waals surface area contributed by atoms with Gasteiger partial charge in [0.2, 0.25) is 0 Å². The van der Waals surface area contributed by atoms with Crippen molar-refractivity contribution in [1.82, 2.24) is 10.2 Å². The molecule has 94 valence electrons. The fourth-order valence-electron chi connectivity index (χ4n) is 1.95. The summed E-state index contributed by atoms with van der Waals surface area (Å²) in [6.07, 6.45) is 0.916. The van der Waals surface area contributed by atoms with Crippen LogP contribution in [0.4, 0.5) is 0 Å². The minimum atomic E-state index is -1.84. The van der Waals surface area contributed by atoms with Gasteiger partial charge in [-0.15, -0.1) is 0 Å². The Morgan fingerprint density at radius 1 is 1.50 bits per heavy atom. The summed E-state index contributed by atoms with van der Waals surface area (Å²) in [4.78, 5) is 13.6. The molecule has 0 aromatic rings. The van der Waals surface area contributed by atoms with Gasteiger partial charge >= 0.3 is 0 Å². The Labute approximate surface area is 111 Å². The van der Waals surface area contributed by atoms with Crippen LogP contribution in [-0.4, -0.2) is 40.3 Å². The second kappa shape index (κ2) is 5.76. The molecule has 1 atom stereocenters. The minimum absolute atomic E-state index is 0.122. The molecule has 1 rings (SSSR count). The summed E-state index contributed by atoms with van der Waals surface area (Å²) >= 11 is 16.9. The van der Waals surface area contributed by atoms with Gasteiger partial charge < -0.3 is 10.2 Å². The Balaban J connectivity index is 2.70. The summed E-state index contributed by atoms with van der Waals surface area (Å²) in [5, 5.41) is 3.25. The molecule has 0 aliphatic carbocycles. The lowest BCUT2D eigenvalue weighted by Gasteiger charge is -2.38. The third kappa shape index (κ3) is 3.95. The van der Waals surface area contributed by atoms with E-state index >= 15 is 0 Å². The average Bonchev–Trinajstić information content (AvgIpc) is 2.15. The highest BCUT2D eigenvalue weighted by atomic mass is 35.6. The van der Waals surface area contributed by atoms with Gasteiger partial charge in [-0.3, -0.25) is 4.79 Å². The summed E-state index contributed by atoms with van der Waals surface area (Å²) in [7, 11) is 0. The normalized spacial score (nSPS) is 22.6. The molecule has 1 aliphatic heterocycles. The van der Waals surface area contributed by atoms with Gasteiger partial charge in [0.15, 0.2) is 0 Å². The van der Waals surface area contributed by atoms with Gasteiger partial charge in [-0.05, 0) is 12.3 Å². The zero-order valence-corrected chi connectivity index (χ0v) is 11.7. The number of alkyl halides is 3. The van der Waals surface area contributed by atoms with Crippen molar-refractivity contribution in [3.63, 3.8) is 0 Å². The van der Waals surface area contributed by atoms with Gasteiger partial charge in [0, 0.05) is 25.7 Å². The van der Waals surface area contributed by atoms with E-state index in [1.54, 1.807) is 4.90 Å². The third-order valence-corrected chi connectivity index (χ3v) is 3.08. The maximum atomic E-state index is 11.9. The summed E-state index contributed by atoms with van der Waals surface area (Å²) in [6, 6.07) is 0.122. The molecule has 0 aromatic carbocycles. The van der Waals surface area contributed by atoms with E-state index in [1.165, 1.54) is 0 Å². The first kappa shape index (κ1) is 14.4. The molecule has 1 saturated heterocycles. The highest BCUT2D eigenvalue weighted by Gasteiger charge is 2.39. The average molecular weight is 288 g/mol.